The predicted molar refractivity (Wildman–Crippen MR) is 79.1 cm³/mol. The Bertz CT molecular complexity index is 773. The average Bonchev–Trinajstić information content (AvgIpc) is 3.05. The summed E-state index contributed by atoms with van der Waals surface area (Å²) < 4.78 is 0. The van der Waals surface area contributed by atoms with Crippen molar-refractivity contribution in [2.75, 3.05) is 13.1 Å². The average molecular weight is 297 g/mol. The number of hydrogen-bond acceptors (Lipinski definition) is 3. The maximum absolute atomic E-state index is 12.4. The van der Waals surface area contributed by atoms with Gasteiger partial charge in [-0.25, -0.2) is 0 Å². The van der Waals surface area contributed by atoms with Gasteiger partial charge in [-0.15, -0.1) is 0 Å². The molecule has 0 bridgehead atoms. The number of carbonyl (C=O) groups is 3. The Morgan fingerprint density at radius 1 is 1.09 bits per heavy atom. The van der Waals surface area contributed by atoms with Crippen LogP contribution in [0.3, 0.4) is 0 Å². The maximum Gasteiger partial charge on any atom is 0.254 e. The van der Waals surface area contributed by atoms with Crippen LogP contribution in [0.4, 0.5) is 0 Å². The second kappa shape index (κ2) is 4.69. The molecule has 2 aliphatic rings. The fraction of sp³-hybridized carbons (Fsp3) is 0.312. The molecule has 6 heteroatoms. The molecular weight excluding hydrogens is 282 g/mol. The van der Waals surface area contributed by atoms with E-state index in [0.29, 0.717) is 31.5 Å². The van der Waals surface area contributed by atoms with Gasteiger partial charge in [-0.3, -0.25) is 19.3 Å². The Hall–Kier alpha value is -2.63. The standard InChI is InChI=1S/C16H15N3O3/c20-14-3-4-15(21)19(14)12-8-18(9-12)16(22)11-1-2-13-10(7-11)5-6-17-13/h1-2,5-7,12,17H,3-4,8-9H2. The zero-order valence-electron chi connectivity index (χ0n) is 11.9. The molecule has 22 heavy (non-hydrogen) atoms. The second-order valence-electron chi connectivity index (χ2n) is 5.80. The molecule has 1 aromatic carbocycles. The number of amides is 3. The Labute approximate surface area is 126 Å². The van der Waals surface area contributed by atoms with Crippen molar-refractivity contribution in [1.82, 2.24) is 14.8 Å². The van der Waals surface area contributed by atoms with Gasteiger partial charge in [0.25, 0.3) is 5.91 Å². The summed E-state index contributed by atoms with van der Waals surface area (Å²) in [6.07, 6.45) is 2.43. The quantitative estimate of drug-likeness (QED) is 0.845. The molecule has 3 heterocycles. The predicted octanol–water partition coefficient (Wildman–Crippen LogP) is 1.14. The third kappa shape index (κ3) is 1.91. The molecule has 1 N–H and O–H groups in total. The number of imide groups is 1. The highest BCUT2D eigenvalue weighted by Gasteiger charge is 2.42. The van der Waals surface area contributed by atoms with Gasteiger partial charge in [-0.2, -0.15) is 0 Å². The summed E-state index contributed by atoms with van der Waals surface area (Å²) in [6, 6.07) is 7.30. The highest BCUT2D eigenvalue weighted by molar-refractivity contribution is 6.03. The number of aromatic nitrogens is 1. The van der Waals surface area contributed by atoms with Gasteiger partial charge in [0.1, 0.15) is 0 Å². The summed E-state index contributed by atoms with van der Waals surface area (Å²) in [7, 11) is 0. The molecule has 2 saturated heterocycles. The van der Waals surface area contributed by atoms with E-state index >= 15 is 0 Å². The van der Waals surface area contributed by atoms with Crippen LogP contribution < -0.4 is 0 Å². The second-order valence-corrected chi connectivity index (χ2v) is 5.80. The summed E-state index contributed by atoms with van der Waals surface area (Å²) in [5.74, 6) is -0.287. The van der Waals surface area contributed by atoms with Crippen molar-refractivity contribution in [2.45, 2.75) is 18.9 Å². The van der Waals surface area contributed by atoms with Crippen LogP contribution in [0.25, 0.3) is 10.9 Å². The summed E-state index contributed by atoms with van der Waals surface area (Å²) in [6.45, 7) is 0.864. The number of nitrogens with one attached hydrogen (secondary N) is 1. The fourth-order valence-corrected chi connectivity index (χ4v) is 3.15. The Morgan fingerprint density at radius 2 is 1.82 bits per heavy atom. The van der Waals surface area contributed by atoms with E-state index in [1.54, 1.807) is 11.0 Å². The first-order valence-electron chi connectivity index (χ1n) is 7.35. The van der Waals surface area contributed by atoms with Crippen LogP contribution in [-0.4, -0.2) is 51.6 Å². The lowest BCUT2D eigenvalue weighted by atomic mass is 10.0. The monoisotopic (exact) mass is 297 g/mol. The molecule has 0 radical (unpaired) electrons. The molecule has 0 spiro atoms. The first-order chi connectivity index (χ1) is 10.6. The van der Waals surface area contributed by atoms with Crippen molar-refractivity contribution in [1.29, 1.82) is 0 Å². The molecule has 1 aromatic heterocycles. The Morgan fingerprint density at radius 3 is 2.55 bits per heavy atom. The van der Waals surface area contributed by atoms with E-state index in [4.69, 9.17) is 0 Å². The summed E-state index contributed by atoms with van der Waals surface area (Å²) in [5, 5.41) is 0.993. The van der Waals surface area contributed by atoms with Crippen molar-refractivity contribution in [3.8, 4) is 0 Å². The third-order valence-electron chi connectivity index (χ3n) is 4.40. The van der Waals surface area contributed by atoms with Crippen LogP contribution in [0.2, 0.25) is 0 Å². The molecule has 112 valence electrons. The van der Waals surface area contributed by atoms with Crippen LogP contribution in [0.5, 0.6) is 0 Å². The number of fused-ring (bicyclic) bond motifs is 1. The Balaban J connectivity index is 1.47. The van der Waals surface area contributed by atoms with Crippen LogP contribution >= 0.6 is 0 Å². The summed E-state index contributed by atoms with van der Waals surface area (Å²) >= 11 is 0. The highest BCUT2D eigenvalue weighted by atomic mass is 16.2. The highest BCUT2D eigenvalue weighted by Crippen LogP contribution is 2.24. The van der Waals surface area contributed by atoms with Crippen molar-refractivity contribution in [3.05, 3.63) is 36.0 Å². The first-order valence-corrected chi connectivity index (χ1v) is 7.35. The topological polar surface area (TPSA) is 73.5 Å². The van der Waals surface area contributed by atoms with Gasteiger partial charge in [0.05, 0.1) is 6.04 Å². The number of H-pyrrole nitrogens is 1. The maximum atomic E-state index is 12.4. The van der Waals surface area contributed by atoms with Crippen LogP contribution in [-0.2, 0) is 9.59 Å². The molecule has 3 amide bonds. The van der Waals surface area contributed by atoms with E-state index in [9.17, 15) is 14.4 Å². The molecule has 2 fully saturated rings. The number of likely N-dealkylation sites (tertiary alicyclic amines) is 2. The largest absolute Gasteiger partial charge is 0.361 e. The number of aromatic amines is 1. The summed E-state index contributed by atoms with van der Waals surface area (Å²) in [5.41, 5.74) is 1.62. The van der Waals surface area contributed by atoms with E-state index in [-0.39, 0.29) is 23.8 Å². The normalized spacial score (nSPS) is 19.1. The molecule has 2 aliphatic heterocycles. The number of nitrogens with zero attached hydrogens (tertiary/aromatic N) is 2. The van der Waals surface area contributed by atoms with Crippen molar-refractivity contribution in [2.24, 2.45) is 0 Å². The van der Waals surface area contributed by atoms with Crippen molar-refractivity contribution in [3.63, 3.8) is 0 Å². The minimum Gasteiger partial charge on any atom is -0.361 e. The Kier molecular flexibility index (Phi) is 2.79. The summed E-state index contributed by atoms with van der Waals surface area (Å²) in [4.78, 5) is 41.9. The third-order valence-corrected chi connectivity index (χ3v) is 4.40. The van der Waals surface area contributed by atoms with Gasteiger partial charge in [-0.05, 0) is 24.3 Å². The SMILES string of the molecule is O=C(c1ccc2[nH]ccc2c1)N1CC(N2C(=O)CCC2=O)C1. The minimum absolute atomic E-state index is 0.0570. The van der Waals surface area contributed by atoms with Crippen LogP contribution in [0.15, 0.2) is 30.5 Å². The van der Waals surface area contributed by atoms with E-state index < -0.39 is 0 Å². The van der Waals surface area contributed by atoms with Gasteiger partial charge in [-0.1, -0.05) is 0 Å². The molecule has 0 saturated carbocycles. The number of rotatable bonds is 2. The van der Waals surface area contributed by atoms with Crippen molar-refractivity contribution < 1.29 is 14.4 Å². The lowest BCUT2D eigenvalue weighted by Crippen LogP contribution is -2.62. The molecule has 0 atom stereocenters. The smallest absolute Gasteiger partial charge is 0.254 e. The van der Waals surface area contributed by atoms with Gasteiger partial charge < -0.3 is 9.88 Å². The first kappa shape index (κ1) is 13.1. The number of benzene rings is 1. The zero-order chi connectivity index (χ0) is 15.3. The van der Waals surface area contributed by atoms with Gasteiger partial charge >= 0.3 is 0 Å². The van der Waals surface area contributed by atoms with Gasteiger partial charge in [0, 0.05) is 48.6 Å². The van der Waals surface area contributed by atoms with E-state index in [1.807, 2.05) is 24.4 Å². The molecular formula is C16H15N3O3. The molecule has 6 nitrogen and oxygen atoms in total. The van der Waals surface area contributed by atoms with Crippen LogP contribution in [0, 0.1) is 0 Å². The van der Waals surface area contributed by atoms with Crippen LogP contribution in [0.1, 0.15) is 23.2 Å². The fourth-order valence-electron chi connectivity index (χ4n) is 3.15. The molecule has 2 aromatic rings. The number of carbonyl (C=O) groups excluding carboxylic acids is 3. The van der Waals surface area contributed by atoms with E-state index in [0.717, 1.165) is 10.9 Å². The molecule has 4 rings (SSSR count). The van der Waals surface area contributed by atoms with Gasteiger partial charge in [0.2, 0.25) is 11.8 Å². The van der Waals surface area contributed by atoms with Gasteiger partial charge in [0.15, 0.2) is 0 Å². The van der Waals surface area contributed by atoms with E-state index in [1.165, 1.54) is 4.90 Å². The molecule has 0 unspecified atom stereocenters. The number of hydrogen-bond donors (Lipinski definition) is 1. The van der Waals surface area contributed by atoms with Crippen molar-refractivity contribution >= 4 is 28.6 Å². The lowest BCUT2D eigenvalue weighted by Gasteiger charge is -2.43. The minimum atomic E-state index is -0.151. The van der Waals surface area contributed by atoms with E-state index in [2.05, 4.69) is 4.98 Å². The molecule has 0 aliphatic carbocycles. The lowest BCUT2D eigenvalue weighted by molar-refractivity contribution is -0.144. The zero-order valence-corrected chi connectivity index (χ0v) is 11.9.